The molecule has 5 nitrogen and oxygen atoms in total. The van der Waals surface area contributed by atoms with E-state index >= 15 is 0 Å². The van der Waals surface area contributed by atoms with Crippen molar-refractivity contribution < 1.29 is 10.0 Å². The third kappa shape index (κ3) is 11.0. The minimum absolute atomic E-state index is 0.338. The summed E-state index contributed by atoms with van der Waals surface area (Å²) < 4.78 is 0. The van der Waals surface area contributed by atoms with Gasteiger partial charge in [0.25, 0.3) is 5.91 Å². The fourth-order valence-corrected chi connectivity index (χ4v) is 1.39. The fraction of sp³-hybridized carbons (Fsp3) is 0.818. The summed E-state index contributed by atoms with van der Waals surface area (Å²) in [6, 6.07) is 0. The molecule has 0 spiro atoms. The van der Waals surface area contributed by atoms with Gasteiger partial charge in [0.2, 0.25) is 0 Å². The molecule has 0 aliphatic carbocycles. The number of nitrogens with zero attached hydrogens (tertiary/aromatic N) is 2. The van der Waals surface area contributed by atoms with Crippen molar-refractivity contribution in [2.45, 2.75) is 32.1 Å². The van der Waals surface area contributed by atoms with Gasteiger partial charge in [0.1, 0.15) is 6.21 Å². The Morgan fingerprint density at radius 1 is 1.25 bits per heavy atom. The lowest BCUT2D eigenvalue weighted by Gasteiger charge is -2.08. The van der Waals surface area contributed by atoms with Gasteiger partial charge in [0.05, 0.1) is 0 Å². The van der Waals surface area contributed by atoms with E-state index in [2.05, 4.69) is 29.5 Å². The van der Waals surface area contributed by atoms with E-state index < -0.39 is 0 Å². The van der Waals surface area contributed by atoms with Crippen molar-refractivity contribution in [3.63, 3.8) is 0 Å². The molecule has 0 aromatic carbocycles. The molecule has 0 aromatic heterocycles. The monoisotopic (exact) mass is 229 g/mol. The number of nitrogens with one attached hydrogen (secondary N) is 1. The highest BCUT2D eigenvalue weighted by molar-refractivity contribution is 6.25. The van der Waals surface area contributed by atoms with Crippen LogP contribution >= 0.6 is 0 Å². The number of hydrogen-bond donors (Lipinski definition) is 2. The van der Waals surface area contributed by atoms with Gasteiger partial charge in [0.15, 0.2) is 0 Å². The highest BCUT2D eigenvalue weighted by Crippen LogP contribution is 2.02. The molecule has 5 heteroatoms. The third-order valence-corrected chi connectivity index (χ3v) is 2.26. The number of carbonyl (C=O) groups is 1. The van der Waals surface area contributed by atoms with Crippen LogP contribution in [0, 0.1) is 0 Å². The van der Waals surface area contributed by atoms with Crippen molar-refractivity contribution in [1.29, 1.82) is 0 Å². The lowest BCUT2D eigenvalue weighted by atomic mass is 10.1. The standard InChI is InChI=1S/C11H23N3O2/c1-14(2)9-7-5-3-4-6-8-12-11(15)10-13-16/h10,16H,3-9H2,1-2H3,(H,12,15)/b13-10+. The molecule has 0 aromatic rings. The maximum atomic E-state index is 10.8. The zero-order valence-electron chi connectivity index (χ0n) is 10.3. The largest absolute Gasteiger partial charge is 0.411 e. The van der Waals surface area contributed by atoms with E-state index in [4.69, 9.17) is 5.21 Å². The maximum Gasteiger partial charge on any atom is 0.265 e. The van der Waals surface area contributed by atoms with Crippen molar-refractivity contribution in [3.8, 4) is 0 Å². The second kappa shape index (κ2) is 10.4. The van der Waals surface area contributed by atoms with Gasteiger partial charge >= 0.3 is 0 Å². The van der Waals surface area contributed by atoms with Gasteiger partial charge in [-0.05, 0) is 33.5 Å². The van der Waals surface area contributed by atoms with Gasteiger partial charge in [-0.15, -0.1) is 0 Å². The highest BCUT2D eigenvalue weighted by atomic mass is 16.4. The van der Waals surface area contributed by atoms with Gasteiger partial charge in [-0.1, -0.05) is 24.4 Å². The zero-order chi connectivity index (χ0) is 12.2. The van der Waals surface area contributed by atoms with Crippen LogP contribution in [-0.2, 0) is 4.79 Å². The Hall–Kier alpha value is -1.10. The summed E-state index contributed by atoms with van der Waals surface area (Å²) in [6.07, 6.45) is 6.66. The molecule has 2 N–H and O–H groups in total. The Morgan fingerprint density at radius 3 is 2.50 bits per heavy atom. The summed E-state index contributed by atoms with van der Waals surface area (Å²) in [5.74, 6) is -0.338. The summed E-state index contributed by atoms with van der Waals surface area (Å²) >= 11 is 0. The van der Waals surface area contributed by atoms with Crippen LogP contribution < -0.4 is 5.32 Å². The molecule has 0 radical (unpaired) electrons. The van der Waals surface area contributed by atoms with Crippen molar-refractivity contribution in [2.75, 3.05) is 27.2 Å². The molecule has 0 unspecified atom stereocenters. The Balaban J connectivity index is 3.13. The van der Waals surface area contributed by atoms with Crippen molar-refractivity contribution in [2.24, 2.45) is 5.16 Å². The molecule has 94 valence electrons. The summed E-state index contributed by atoms with van der Waals surface area (Å²) in [4.78, 5) is 13.0. The van der Waals surface area contributed by atoms with Gasteiger partial charge in [-0.3, -0.25) is 4.79 Å². The van der Waals surface area contributed by atoms with Gasteiger partial charge in [-0.2, -0.15) is 0 Å². The van der Waals surface area contributed by atoms with E-state index in [1.54, 1.807) is 0 Å². The Bertz CT molecular complexity index is 205. The lowest BCUT2D eigenvalue weighted by molar-refractivity contribution is -0.114. The maximum absolute atomic E-state index is 10.8. The van der Waals surface area contributed by atoms with E-state index in [-0.39, 0.29) is 5.91 Å². The predicted molar refractivity (Wildman–Crippen MR) is 64.9 cm³/mol. The molecule has 0 aliphatic heterocycles. The number of carbonyl (C=O) groups excluding carboxylic acids is 1. The number of hydrogen-bond acceptors (Lipinski definition) is 4. The molecule has 0 saturated heterocycles. The topological polar surface area (TPSA) is 64.9 Å². The first-order chi connectivity index (χ1) is 7.66. The second-order valence-corrected chi connectivity index (χ2v) is 4.11. The van der Waals surface area contributed by atoms with E-state index in [1.165, 1.54) is 19.3 Å². The smallest absolute Gasteiger partial charge is 0.265 e. The lowest BCUT2D eigenvalue weighted by Crippen LogP contribution is -2.25. The van der Waals surface area contributed by atoms with Crippen LogP contribution in [0.1, 0.15) is 32.1 Å². The molecule has 0 aliphatic rings. The molecule has 16 heavy (non-hydrogen) atoms. The number of rotatable bonds is 9. The molecule has 0 saturated carbocycles. The molecule has 0 bridgehead atoms. The van der Waals surface area contributed by atoms with E-state index in [1.807, 2.05) is 0 Å². The van der Waals surface area contributed by atoms with Crippen LogP contribution in [0.15, 0.2) is 5.16 Å². The first-order valence-electron chi connectivity index (χ1n) is 5.77. The van der Waals surface area contributed by atoms with Crippen molar-refractivity contribution in [3.05, 3.63) is 0 Å². The zero-order valence-corrected chi connectivity index (χ0v) is 10.3. The Morgan fingerprint density at radius 2 is 1.88 bits per heavy atom. The number of unbranched alkanes of at least 4 members (excludes halogenated alkanes) is 4. The van der Waals surface area contributed by atoms with Crippen LogP contribution in [0.5, 0.6) is 0 Å². The molecule has 1 amide bonds. The summed E-state index contributed by atoms with van der Waals surface area (Å²) in [6.45, 7) is 1.79. The van der Waals surface area contributed by atoms with Crippen LogP contribution in [-0.4, -0.2) is 49.4 Å². The normalized spacial score (nSPS) is 11.2. The van der Waals surface area contributed by atoms with E-state index in [0.717, 1.165) is 25.6 Å². The minimum atomic E-state index is -0.338. The molecule has 0 rings (SSSR count). The van der Waals surface area contributed by atoms with Crippen molar-refractivity contribution in [1.82, 2.24) is 10.2 Å². The summed E-state index contributed by atoms with van der Waals surface area (Å²) in [7, 11) is 4.16. The molecule has 0 fully saturated rings. The van der Waals surface area contributed by atoms with Crippen LogP contribution in [0.4, 0.5) is 0 Å². The first kappa shape index (κ1) is 14.9. The first-order valence-corrected chi connectivity index (χ1v) is 5.77. The quantitative estimate of drug-likeness (QED) is 0.269. The molecular weight excluding hydrogens is 206 g/mol. The molecular formula is C11H23N3O2. The SMILES string of the molecule is CN(C)CCCCCCCNC(=O)/C=N/O. The van der Waals surface area contributed by atoms with Crippen LogP contribution in [0.3, 0.4) is 0 Å². The molecule has 0 atom stereocenters. The van der Waals surface area contributed by atoms with Gasteiger partial charge in [-0.25, -0.2) is 0 Å². The molecule has 0 heterocycles. The van der Waals surface area contributed by atoms with Crippen LogP contribution in [0.2, 0.25) is 0 Å². The summed E-state index contributed by atoms with van der Waals surface area (Å²) in [5.41, 5.74) is 0. The minimum Gasteiger partial charge on any atom is -0.411 e. The highest BCUT2D eigenvalue weighted by Gasteiger charge is 1.96. The van der Waals surface area contributed by atoms with Gasteiger partial charge in [0, 0.05) is 6.54 Å². The summed E-state index contributed by atoms with van der Waals surface area (Å²) in [5, 5.41) is 13.4. The Labute approximate surface area is 97.5 Å². The van der Waals surface area contributed by atoms with E-state index in [9.17, 15) is 4.79 Å². The number of oxime groups is 1. The fourth-order valence-electron chi connectivity index (χ4n) is 1.39. The van der Waals surface area contributed by atoms with Crippen LogP contribution in [0.25, 0.3) is 0 Å². The van der Waals surface area contributed by atoms with E-state index in [0.29, 0.717) is 6.54 Å². The predicted octanol–water partition coefficient (Wildman–Crippen LogP) is 1.07. The Kier molecular flexibility index (Phi) is 9.70. The van der Waals surface area contributed by atoms with Crippen molar-refractivity contribution >= 4 is 12.1 Å². The average molecular weight is 229 g/mol. The second-order valence-electron chi connectivity index (χ2n) is 4.11. The number of amides is 1. The average Bonchev–Trinajstić information content (AvgIpc) is 2.22. The van der Waals surface area contributed by atoms with Gasteiger partial charge < -0.3 is 15.4 Å². The third-order valence-electron chi connectivity index (χ3n) is 2.26.